The molecule has 0 fully saturated rings. The van der Waals surface area contributed by atoms with Gasteiger partial charge in [0.25, 0.3) is 0 Å². The molecule has 0 aliphatic rings. The number of esters is 3. The first-order chi connectivity index (χ1) is 32.0. The first-order valence-electron chi connectivity index (χ1n) is 27.1. The zero-order valence-corrected chi connectivity index (χ0v) is 42.5. The molecule has 65 heavy (non-hydrogen) atoms. The van der Waals surface area contributed by atoms with Crippen LogP contribution in [0.2, 0.25) is 0 Å². The summed E-state index contributed by atoms with van der Waals surface area (Å²) in [5.41, 5.74) is 0. The van der Waals surface area contributed by atoms with Crippen LogP contribution < -0.4 is 0 Å². The standard InChI is InChI=1S/C59H100O6/c1-4-7-10-13-16-19-22-25-27-29-31-34-37-40-43-46-49-52-58(61)64-55-56(54-63-57(60)51-48-45-42-39-36-33-24-21-18-15-12-9-6-3)65-59(62)53-50-47-44-41-38-35-32-30-28-26-23-20-17-14-11-8-5-2/h16,19,21,24-28,31-32,34-35,41,44,56H,4-15,17-18,20,22-23,29-30,33,36-40,42-43,45-55H2,1-3H3/b19-16-,24-21-,27-25-,28-26-,34-31-,35-32-,44-41-/t56-/m0/s1. The zero-order valence-electron chi connectivity index (χ0n) is 42.5. The highest BCUT2D eigenvalue weighted by Gasteiger charge is 2.19. The molecule has 6 heteroatoms. The molecule has 0 aromatic heterocycles. The normalized spacial score (nSPS) is 12.7. The van der Waals surface area contributed by atoms with Crippen LogP contribution in [0.25, 0.3) is 0 Å². The molecule has 0 unspecified atom stereocenters. The highest BCUT2D eigenvalue weighted by atomic mass is 16.6. The van der Waals surface area contributed by atoms with Gasteiger partial charge in [-0.1, -0.05) is 202 Å². The van der Waals surface area contributed by atoms with Crippen molar-refractivity contribution >= 4 is 17.9 Å². The van der Waals surface area contributed by atoms with Gasteiger partial charge in [0.05, 0.1) is 0 Å². The lowest BCUT2D eigenvalue weighted by Crippen LogP contribution is -2.30. The van der Waals surface area contributed by atoms with Crippen molar-refractivity contribution in [1.82, 2.24) is 0 Å². The summed E-state index contributed by atoms with van der Waals surface area (Å²) in [4.78, 5) is 38.0. The van der Waals surface area contributed by atoms with Gasteiger partial charge >= 0.3 is 17.9 Å². The van der Waals surface area contributed by atoms with Gasteiger partial charge in [0.1, 0.15) is 13.2 Å². The largest absolute Gasteiger partial charge is 0.462 e. The molecular formula is C59H100O6. The first-order valence-corrected chi connectivity index (χ1v) is 27.1. The minimum absolute atomic E-state index is 0.109. The van der Waals surface area contributed by atoms with Gasteiger partial charge in [-0.05, 0) is 116 Å². The second-order valence-electron chi connectivity index (χ2n) is 17.8. The van der Waals surface area contributed by atoms with E-state index in [2.05, 4.69) is 106 Å². The average Bonchev–Trinajstić information content (AvgIpc) is 3.30. The molecule has 0 aromatic rings. The molecule has 0 N–H and O–H groups in total. The molecule has 0 amide bonds. The molecule has 0 aliphatic heterocycles. The SMILES string of the molecule is CCCCC/C=C\C/C=C\C/C=C\CCCCCCC(=O)OC[C@H](COC(=O)CCCCCCC/C=C\CCCCCC)OC(=O)CCC/C=C\C/C=C\C/C=C\CCCCCCCC. The van der Waals surface area contributed by atoms with Gasteiger partial charge in [0, 0.05) is 19.3 Å². The third kappa shape index (κ3) is 51.4. The van der Waals surface area contributed by atoms with Gasteiger partial charge in [-0.15, -0.1) is 0 Å². The fraction of sp³-hybridized carbons (Fsp3) is 0.712. The van der Waals surface area contributed by atoms with Crippen molar-refractivity contribution in [3.05, 3.63) is 85.1 Å². The molecule has 0 aliphatic carbocycles. The van der Waals surface area contributed by atoms with E-state index in [0.717, 1.165) is 96.3 Å². The van der Waals surface area contributed by atoms with Crippen molar-refractivity contribution in [3.63, 3.8) is 0 Å². The fourth-order valence-corrected chi connectivity index (χ4v) is 7.22. The second kappa shape index (κ2) is 53.2. The minimum atomic E-state index is -0.815. The zero-order chi connectivity index (χ0) is 47.2. The van der Waals surface area contributed by atoms with E-state index in [-0.39, 0.29) is 37.5 Å². The maximum Gasteiger partial charge on any atom is 0.306 e. The summed E-state index contributed by atoms with van der Waals surface area (Å²) in [5, 5.41) is 0. The number of unbranched alkanes of at least 4 members (excludes halogenated alkanes) is 23. The number of hydrogen-bond donors (Lipinski definition) is 0. The average molecular weight is 905 g/mol. The Kier molecular flexibility index (Phi) is 50.4. The van der Waals surface area contributed by atoms with E-state index in [1.165, 1.54) is 109 Å². The summed E-state index contributed by atoms with van der Waals surface area (Å²) < 4.78 is 16.7. The maximum absolute atomic E-state index is 12.8. The number of ether oxygens (including phenoxy) is 3. The highest BCUT2D eigenvalue weighted by Crippen LogP contribution is 2.13. The van der Waals surface area contributed by atoms with E-state index < -0.39 is 6.10 Å². The molecule has 0 bridgehead atoms. The quantitative estimate of drug-likeness (QED) is 0.0262. The summed E-state index contributed by atoms with van der Waals surface area (Å²) in [5.74, 6) is -0.991. The lowest BCUT2D eigenvalue weighted by atomic mass is 10.1. The van der Waals surface area contributed by atoms with E-state index in [1.807, 2.05) is 0 Å². The number of carbonyl (C=O) groups excluding carboxylic acids is 3. The van der Waals surface area contributed by atoms with Crippen molar-refractivity contribution in [2.24, 2.45) is 0 Å². The Morgan fingerprint density at radius 2 is 0.569 bits per heavy atom. The Labute approximate surface area is 401 Å². The summed E-state index contributed by atoms with van der Waals surface area (Å²) in [6, 6.07) is 0. The molecule has 0 spiro atoms. The van der Waals surface area contributed by atoms with Crippen LogP contribution in [0.5, 0.6) is 0 Å². The molecule has 0 radical (unpaired) electrons. The number of rotatable bonds is 48. The molecule has 0 aromatic carbocycles. The van der Waals surface area contributed by atoms with E-state index in [0.29, 0.717) is 19.3 Å². The molecule has 0 rings (SSSR count). The van der Waals surface area contributed by atoms with Crippen LogP contribution >= 0.6 is 0 Å². The third-order valence-corrected chi connectivity index (χ3v) is 11.3. The van der Waals surface area contributed by atoms with Crippen molar-refractivity contribution < 1.29 is 28.6 Å². The Morgan fingerprint density at radius 1 is 0.308 bits per heavy atom. The lowest BCUT2D eigenvalue weighted by molar-refractivity contribution is -0.167. The summed E-state index contributed by atoms with van der Waals surface area (Å²) >= 11 is 0. The van der Waals surface area contributed by atoms with Gasteiger partial charge in [0.2, 0.25) is 0 Å². The van der Waals surface area contributed by atoms with Crippen LogP contribution in [0, 0.1) is 0 Å². The monoisotopic (exact) mass is 905 g/mol. The smallest absolute Gasteiger partial charge is 0.306 e. The van der Waals surface area contributed by atoms with E-state index in [4.69, 9.17) is 14.2 Å². The van der Waals surface area contributed by atoms with Crippen molar-refractivity contribution in [2.45, 2.75) is 258 Å². The summed E-state index contributed by atoms with van der Waals surface area (Å²) in [6.07, 6.45) is 68.5. The van der Waals surface area contributed by atoms with Crippen LogP contribution in [0.4, 0.5) is 0 Å². The number of carbonyl (C=O) groups is 3. The van der Waals surface area contributed by atoms with Gasteiger partial charge in [-0.3, -0.25) is 14.4 Å². The third-order valence-electron chi connectivity index (χ3n) is 11.3. The molecular weight excluding hydrogens is 805 g/mol. The molecule has 0 heterocycles. The molecule has 1 atom stereocenters. The fourth-order valence-electron chi connectivity index (χ4n) is 7.22. The predicted molar refractivity (Wildman–Crippen MR) is 279 cm³/mol. The van der Waals surface area contributed by atoms with Gasteiger partial charge < -0.3 is 14.2 Å². The topological polar surface area (TPSA) is 78.9 Å². The van der Waals surface area contributed by atoms with Gasteiger partial charge in [-0.25, -0.2) is 0 Å². The van der Waals surface area contributed by atoms with Crippen molar-refractivity contribution in [2.75, 3.05) is 13.2 Å². The summed E-state index contributed by atoms with van der Waals surface area (Å²) in [6.45, 7) is 6.52. The molecule has 6 nitrogen and oxygen atoms in total. The van der Waals surface area contributed by atoms with Crippen LogP contribution in [0.3, 0.4) is 0 Å². The second-order valence-corrected chi connectivity index (χ2v) is 17.8. The van der Waals surface area contributed by atoms with Gasteiger partial charge in [0.15, 0.2) is 6.10 Å². The van der Waals surface area contributed by atoms with E-state index in [9.17, 15) is 14.4 Å². The number of allylic oxidation sites excluding steroid dienone is 14. The Hall–Kier alpha value is -3.41. The first kappa shape index (κ1) is 61.6. The Bertz CT molecular complexity index is 1270. The van der Waals surface area contributed by atoms with E-state index >= 15 is 0 Å². The number of hydrogen-bond acceptors (Lipinski definition) is 6. The molecule has 0 saturated carbocycles. The van der Waals surface area contributed by atoms with Crippen LogP contribution in [-0.2, 0) is 28.6 Å². The van der Waals surface area contributed by atoms with E-state index in [1.54, 1.807) is 0 Å². The predicted octanol–water partition coefficient (Wildman–Crippen LogP) is 18.0. The van der Waals surface area contributed by atoms with Crippen LogP contribution in [0.15, 0.2) is 85.1 Å². The lowest BCUT2D eigenvalue weighted by Gasteiger charge is -2.18. The minimum Gasteiger partial charge on any atom is -0.462 e. The Morgan fingerprint density at radius 3 is 0.969 bits per heavy atom. The highest BCUT2D eigenvalue weighted by molar-refractivity contribution is 5.71. The van der Waals surface area contributed by atoms with Crippen LogP contribution in [-0.4, -0.2) is 37.2 Å². The van der Waals surface area contributed by atoms with Crippen molar-refractivity contribution in [3.8, 4) is 0 Å². The Balaban J connectivity index is 4.52. The van der Waals surface area contributed by atoms with Crippen LogP contribution in [0.1, 0.15) is 252 Å². The molecule has 372 valence electrons. The maximum atomic E-state index is 12.8. The summed E-state index contributed by atoms with van der Waals surface area (Å²) in [7, 11) is 0. The van der Waals surface area contributed by atoms with Crippen molar-refractivity contribution in [1.29, 1.82) is 0 Å². The van der Waals surface area contributed by atoms with Gasteiger partial charge in [-0.2, -0.15) is 0 Å². The molecule has 0 saturated heterocycles.